The topological polar surface area (TPSA) is 76.1 Å². The zero-order valence-electron chi connectivity index (χ0n) is 14.0. The van der Waals surface area contributed by atoms with Crippen molar-refractivity contribution in [3.63, 3.8) is 0 Å². The summed E-state index contributed by atoms with van der Waals surface area (Å²) in [6, 6.07) is 7.04. The van der Waals surface area contributed by atoms with Crippen molar-refractivity contribution in [2.24, 2.45) is 11.3 Å². The third-order valence-electron chi connectivity index (χ3n) is 5.33. The molecule has 6 nitrogen and oxygen atoms in total. The summed E-state index contributed by atoms with van der Waals surface area (Å²) in [7, 11) is 1.59. The molecule has 0 radical (unpaired) electrons. The number of carbonyl (C=O) groups is 2. The first-order valence-corrected chi connectivity index (χ1v) is 8.29. The van der Waals surface area contributed by atoms with E-state index in [4.69, 9.17) is 9.47 Å². The number of nitrogens with zero attached hydrogens (tertiary/aromatic N) is 1. The number of carboxylic acids is 1. The van der Waals surface area contributed by atoms with Gasteiger partial charge in [-0.2, -0.15) is 0 Å². The Bertz CT molecular complexity index is 629. The van der Waals surface area contributed by atoms with Crippen LogP contribution in [0.3, 0.4) is 0 Å². The van der Waals surface area contributed by atoms with E-state index in [0.29, 0.717) is 25.3 Å². The molecule has 1 heterocycles. The third kappa shape index (κ3) is 2.81. The average Bonchev–Trinajstić information content (AvgIpc) is 3.13. The number of fused-ring (bicyclic) bond motifs is 1. The normalized spacial score (nSPS) is 26.8. The number of rotatable bonds is 5. The first-order chi connectivity index (χ1) is 11.5. The van der Waals surface area contributed by atoms with Crippen molar-refractivity contribution in [3.05, 3.63) is 24.3 Å². The third-order valence-corrected chi connectivity index (χ3v) is 5.33. The molecule has 2 aliphatic rings. The number of hydrogen-bond acceptors (Lipinski definition) is 4. The number of methoxy groups -OCH3 is 1. The van der Waals surface area contributed by atoms with Crippen molar-refractivity contribution in [1.29, 1.82) is 0 Å². The number of carboxylic acid groups (broad SMARTS) is 1. The van der Waals surface area contributed by atoms with E-state index < -0.39 is 17.5 Å². The molecule has 1 N–H and O–H groups in total. The van der Waals surface area contributed by atoms with Gasteiger partial charge in [0.05, 0.1) is 12.5 Å². The summed E-state index contributed by atoms with van der Waals surface area (Å²) in [5.74, 6) is 0.443. The van der Waals surface area contributed by atoms with Crippen LogP contribution < -0.4 is 9.47 Å². The standard InChI is InChI=1S/C18H23NO5/c1-12(24-15-7-5-14(23-2)6-8-15)16(20)19-10-13-4-3-9-18(13,11-19)17(21)22/h5-8,12-13H,3-4,9-11H2,1-2H3,(H,21,22)/t12?,13-,18+/m0/s1. The van der Waals surface area contributed by atoms with Crippen LogP contribution in [-0.4, -0.2) is 48.2 Å². The molecule has 1 aliphatic carbocycles. The van der Waals surface area contributed by atoms with E-state index in [1.54, 1.807) is 43.2 Å². The lowest BCUT2D eigenvalue weighted by Crippen LogP contribution is -2.42. The lowest BCUT2D eigenvalue weighted by atomic mass is 9.81. The molecule has 24 heavy (non-hydrogen) atoms. The molecule has 1 saturated carbocycles. The van der Waals surface area contributed by atoms with E-state index in [-0.39, 0.29) is 11.8 Å². The van der Waals surface area contributed by atoms with Gasteiger partial charge in [0, 0.05) is 13.1 Å². The van der Waals surface area contributed by atoms with E-state index >= 15 is 0 Å². The molecule has 1 aliphatic heterocycles. The first-order valence-electron chi connectivity index (χ1n) is 8.29. The fourth-order valence-electron chi connectivity index (χ4n) is 3.97. The van der Waals surface area contributed by atoms with Crippen molar-refractivity contribution in [1.82, 2.24) is 4.90 Å². The van der Waals surface area contributed by atoms with Gasteiger partial charge in [-0.15, -0.1) is 0 Å². The zero-order chi connectivity index (χ0) is 17.3. The molecule has 1 aromatic carbocycles. The zero-order valence-corrected chi connectivity index (χ0v) is 14.0. The predicted molar refractivity (Wildman–Crippen MR) is 87.1 cm³/mol. The second kappa shape index (κ2) is 6.34. The molecule has 2 fully saturated rings. The fraction of sp³-hybridized carbons (Fsp3) is 0.556. The Morgan fingerprint density at radius 1 is 1.29 bits per heavy atom. The van der Waals surface area contributed by atoms with Crippen molar-refractivity contribution in [2.75, 3.05) is 20.2 Å². The maximum absolute atomic E-state index is 12.7. The summed E-state index contributed by atoms with van der Waals surface area (Å²) < 4.78 is 10.8. The molecule has 6 heteroatoms. The van der Waals surface area contributed by atoms with Crippen molar-refractivity contribution in [3.8, 4) is 11.5 Å². The van der Waals surface area contributed by atoms with E-state index in [1.807, 2.05) is 0 Å². The summed E-state index contributed by atoms with van der Waals surface area (Å²) >= 11 is 0. The Morgan fingerprint density at radius 2 is 1.96 bits per heavy atom. The highest BCUT2D eigenvalue weighted by molar-refractivity contribution is 5.84. The quantitative estimate of drug-likeness (QED) is 0.894. The van der Waals surface area contributed by atoms with Crippen molar-refractivity contribution < 1.29 is 24.2 Å². The number of likely N-dealkylation sites (tertiary alicyclic amines) is 1. The maximum atomic E-state index is 12.7. The highest BCUT2D eigenvalue weighted by Gasteiger charge is 2.56. The van der Waals surface area contributed by atoms with Crippen LogP contribution in [0, 0.1) is 11.3 Å². The fourth-order valence-corrected chi connectivity index (χ4v) is 3.97. The number of hydrogen-bond donors (Lipinski definition) is 1. The molecule has 3 rings (SSSR count). The SMILES string of the molecule is COc1ccc(OC(C)C(=O)N2C[C@@H]3CCC[C@@]3(C(=O)O)C2)cc1. The summed E-state index contributed by atoms with van der Waals surface area (Å²) in [6.07, 6.45) is 1.81. The van der Waals surface area contributed by atoms with Gasteiger partial charge in [0.2, 0.25) is 0 Å². The number of benzene rings is 1. The van der Waals surface area contributed by atoms with Gasteiger partial charge >= 0.3 is 5.97 Å². The van der Waals surface area contributed by atoms with E-state index in [2.05, 4.69) is 0 Å². The monoisotopic (exact) mass is 333 g/mol. The van der Waals surface area contributed by atoms with Gasteiger partial charge in [-0.1, -0.05) is 6.42 Å². The number of amides is 1. The first kappa shape index (κ1) is 16.6. The average molecular weight is 333 g/mol. The molecule has 1 unspecified atom stereocenters. The Balaban J connectivity index is 1.65. The lowest BCUT2D eigenvalue weighted by Gasteiger charge is -2.25. The van der Waals surface area contributed by atoms with E-state index in [1.165, 1.54) is 0 Å². The van der Waals surface area contributed by atoms with Crippen LogP contribution in [0.1, 0.15) is 26.2 Å². The Labute approximate surface area is 141 Å². The van der Waals surface area contributed by atoms with Gasteiger partial charge in [-0.25, -0.2) is 0 Å². The number of aliphatic carboxylic acids is 1. The maximum Gasteiger partial charge on any atom is 0.311 e. The smallest absolute Gasteiger partial charge is 0.311 e. The molecule has 1 amide bonds. The van der Waals surface area contributed by atoms with Gasteiger partial charge < -0.3 is 19.5 Å². The van der Waals surface area contributed by atoms with Gasteiger partial charge in [0.1, 0.15) is 11.5 Å². The highest BCUT2D eigenvalue weighted by atomic mass is 16.5. The van der Waals surface area contributed by atoms with Crippen molar-refractivity contribution in [2.45, 2.75) is 32.3 Å². The summed E-state index contributed by atoms with van der Waals surface area (Å²) in [5, 5.41) is 9.62. The summed E-state index contributed by atoms with van der Waals surface area (Å²) in [6.45, 7) is 2.51. The largest absolute Gasteiger partial charge is 0.497 e. The molecule has 0 spiro atoms. The second-order valence-electron chi connectivity index (χ2n) is 6.70. The van der Waals surface area contributed by atoms with Crippen LogP contribution in [0.2, 0.25) is 0 Å². The van der Waals surface area contributed by atoms with Crippen molar-refractivity contribution >= 4 is 11.9 Å². The summed E-state index contributed by atoms with van der Waals surface area (Å²) in [5.41, 5.74) is -0.754. The minimum Gasteiger partial charge on any atom is -0.497 e. The van der Waals surface area contributed by atoms with Gasteiger partial charge in [0.15, 0.2) is 6.10 Å². The number of carbonyl (C=O) groups excluding carboxylic acids is 1. The van der Waals surface area contributed by atoms with Crippen LogP contribution >= 0.6 is 0 Å². The molecule has 130 valence electrons. The second-order valence-corrected chi connectivity index (χ2v) is 6.70. The molecule has 1 saturated heterocycles. The highest BCUT2D eigenvalue weighted by Crippen LogP contribution is 2.49. The lowest BCUT2D eigenvalue weighted by molar-refractivity contribution is -0.150. The van der Waals surface area contributed by atoms with Gasteiger partial charge in [-0.3, -0.25) is 9.59 Å². The minimum atomic E-state index is -0.774. The Kier molecular flexibility index (Phi) is 4.39. The Morgan fingerprint density at radius 3 is 2.54 bits per heavy atom. The van der Waals surface area contributed by atoms with E-state index in [0.717, 1.165) is 18.6 Å². The molecule has 0 aromatic heterocycles. The molecular formula is C18H23NO5. The van der Waals surface area contributed by atoms with Crippen LogP contribution in [0.15, 0.2) is 24.3 Å². The van der Waals surface area contributed by atoms with Crippen LogP contribution in [-0.2, 0) is 9.59 Å². The van der Waals surface area contributed by atoms with Gasteiger partial charge in [0.25, 0.3) is 5.91 Å². The van der Waals surface area contributed by atoms with E-state index in [9.17, 15) is 14.7 Å². The minimum absolute atomic E-state index is 0.0622. The molecule has 1 aromatic rings. The van der Waals surface area contributed by atoms with Crippen LogP contribution in [0.5, 0.6) is 11.5 Å². The van der Waals surface area contributed by atoms with Gasteiger partial charge in [-0.05, 0) is 49.9 Å². The predicted octanol–water partition coefficient (Wildman–Crippen LogP) is 2.18. The Hall–Kier alpha value is -2.24. The van der Waals surface area contributed by atoms with Crippen LogP contribution in [0.25, 0.3) is 0 Å². The number of ether oxygens (including phenoxy) is 2. The molecular weight excluding hydrogens is 310 g/mol. The molecule has 0 bridgehead atoms. The van der Waals surface area contributed by atoms with Crippen LogP contribution in [0.4, 0.5) is 0 Å². The summed E-state index contributed by atoms with van der Waals surface area (Å²) in [4.78, 5) is 26.0. The molecule has 3 atom stereocenters.